The number of carboxylic acid groups (broad SMARTS) is 1. The molecule has 0 aromatic heterocycles. The smallest absolute Gasteiger partial charge is 0.407 e. The van der Waals surface area contributed by atoms with E-state index in [1.165, 1.54) is 4.90 Å². The molecule has 1 heterocycles. The van der Waals surface area contributed by atoms with Crippen molar-refractivity contribution in [1.82, 2.24) is 10.2 Å². The second-order valence-corrected chi connectivity index (χ2v) is 9.51. The average molecular weight is 465 g/mol. The Morgan fingerprint density at radius 1 is 1.12 bits per heavy atom. The van der Waals surface area contributed by atoms with Gasteiger partial charge in [-0.15, -0.1) is 0 Å². The SMILES string of the molecule is CCC(C)[C@H](NC(=O)OCC1c2ccccc2-c2ccccc21)C(=O)N1CCC[C@@]1(C)C(=O)O. The molecule has 2 aromatic rings. The standard InChI is InChI=1S/C27H32N2O5/c1-4-17(2)23(24(30)29-15-9-14-27(29,3)25(31)32)28-26(33)34-16-22-20-12-7-5-10-18(20)19-11-6-8-13-21(19)22/h5-8,10-13,17,22-23H,4,9,14-16H2,1-3H3,(H,28,33)(H,31,32)/t17?,23-,27-/m0/s1. The number of amides is 2. The van der Waals surface area contributed by atoms with Crippen molar-refractivity contribution in [2.45, 2.75) is 57.5 Å². The van der Waals surface area contributed by atoms with E-state index in [9.17, 15) is 19.5 Å². The molecule has 0 spiro atoms. The van der Waals surface area contributed by atoms with Crippen LogP contribution in [0, 0.1) is 5.92 Å². The van der Waals surface area contributed by atoms with Crippen molar-refractivity contribution in [3.8, 4) is 11.1 Å². The van der Waals surface area contributed by atoms with Crippen molar-refractivity contribution in [3.05, 3.63) is 59.7 Å². The van der Waals surface area contributed by atoms with Gasteiger partial charge in [-0.25, -0.2) is 9.59 Å². The molecular weight excluding hydrogens is 432 g/mol. The predicted molar refractivity (Wildman–Crippen MR) is 128 cm³/mol. The van der Waals surface area contributed by atoms with E-state index in [0.29, 0.717) is 25.8 Å². The van der Waals surface area contributed by atoms with E-state index in [0.717, 1.165) is 22.3 Å². The van der Waals surface area contributed by atoms with Gasteiger partial charge in [0.1, 0.15) is 18.2 Å². The van der Waals surface area contributed by atoms with Crippen LogP contribution in [0.5, 0.6) is 0 Å². The molecule has 1 fully saturated rings. The van der Waals surface area contributed by atoms with Crippen molar-refractivity contribution >= 4 is 18.0 Å². The summed E-state index contributed by atoms with van der Waals surface area (Å²) in [5, 5.41) is 12.5. The summed E-state index contributed by atoms with van der Waals surface area (Å²) in [6.45, 7) is 5.89. The maximum Gasteiger partial charge on any atom is 0.407 e. The number of benzene rings is 2. The van der Waals surface area contributed by atoms with Gasteiger partial charge in [0.05, 0.1) is 0 Å². The fourth-order valence-electron chi connectivity index (χ4n) is 5.16. The highest BCUT2D eigenvalue weighted by molar-refractivity contribution is 5.92. The summed E-state index contributed by atoms with van der Waals surface area (Å²) >= 11 is 0. The predicted octanol–water partition coefficient (Wildman–Crippen LogP) is 4.41. The summed E-state index contributed by atoms with van der Waals surface area (Å²) in [4.78, 5) is 39.5. The molecule has 7 nitrogen and oxygen atoms in total. The van der Waals surface area contributed by atoms with Gasteiger partial charge in [-0.3, -0.25) is 4.79 Å². The van der Waals surface area contributed by atoms with Crippen LogP contribution in [-0.2, 0) is 14.3 Å². The monoisotopic (exact) mass is 464 g/mol. The second kappa shape index (κ2) is 9.49. The Balaban J connectivity index is 1.47. The number of nitrogens with zero attached hydrogens (tertiary/aromatic N) is 1. The van der Waals surface area contributed by atoms with E-state index >= 15 is 0 Å². The first-order chi connectivity index (χ1) is 16.3. The van der Waals surface area contributed by atoms with Crippen LogP contribution in [0.3, 0.4) is 0 Å². The number of alkyl carbamates (subject to hydrolysis) is 1. The van der Waals surface area contributed by atoms with Gasteiger partial charge in [-0.05, 0) is 47.9 Å². The fourth-order valence-corrected chi connectivity index (χ4v) is 5.16. The van der Waals surface area contributed by atoms with E-state index in [4.69, 9.17) is 4.74 Å². The maximum atomic E-state index is 13.4. The first kappa shape index (κ1) is 23.8. The molecule has 4 rings (SSSR count). The number of hydrogen-bond donors (Lipinski definition) is 2. The average Bonchev–Trinajstić information content (AvgIpc) is 3.39. The number of carbonyl (C=O) groups is 3. The molecule has 3 atom stereocenters. The summed E-state index contributed by atoms with van der Waals surface area (Å²) in [6, 6.07) is 15.3. The number of rotatable bonds is 7. The first-order valence-electron chi connectivity index (χ1n) is 11.9. The van der Waals surface area contributed by atoms with E-state index < -0.39 is 23.6 Å². The number of carbonyl (C=O) groups excluding carboxylic acids is 2. The molecule has 1 aliphatic carbocycles. The molecular formula is C27H32N2O5. The minimum absolute atomic E-state index is 0.0789. The van der Waals surface area contributed by atoms with Gasteiger partial charge in [0.25, 0.3) is 0 Å². The van der Waals surface area contributed by atoms with Crippen LogP contribution in [-0.4, -0.2) is 52.7 Å². The molecule has 2 N–H and O–H groups in total. The van der Waals surface area contributed by atoms with Crippen LogP contribution in [0.15, 0.2) is 48.5 Å². The van der Waals surface area contributed by atoms with Gasteiger partial charge in [-0.1, -0.05) is 68.8 Å². The highest BCUT2D eigenvalue weighted by Crippen LogP contribution is 2.44. The van der Waals surface area contributed by atoms with Crippen molar-refractivity contribution in [1.29, 1.82) is 0 Å². The highest BCUT2D eigenvalue weighted by atomic mass is 16.5. The molecule has 7 heteroatoms. The topological polar surface area (TPSA) is 95.9 Å². The van der Waals surface area contributed by atoms with Crippen molar-refractivity contribution in [2.75, 3.05) is 13.2 Å². The van der Waals surface area contributed by atoms with Gasteiger partial charge >= 0.3 is 12.1 Å². The van der Waals surface area contributed by atoms with Gasteiger partial charge in [0.15, 0.2) is 0 Å². The number of aliphatic carboxylic acids is 1. The quantitative estimate of drug-likeness (QED) is 0.633. The Bertz CT molecular complexity index is 1050. The third kappa shape index (κ3) is 4.15. The Morgan fingerprint density at radius 2 is 1.71 bits per heavy atom. The molecule has 180 valence electrons. The van der Waals surface area contributed by atoms with Crippen LogP contribution < -0.4 is 5.32 Å². The Kier molecular flexibility index (Phi) is 6.64. The van der Waals surface area contributed by atoms with Crippen molar-refractivity contribution in [2.24, 2.45) is 5.92 Å². The largest absolute Gasteiger partial charge is 0.480 e. The molecule has 2 amide bonds. The molecule has 2 aromatic carbocycles. The molecule has 34 heavy (non-hydrogen) atoms. The first-order valence-corrected chi connectivity index (χ1v) is 11.9. The number of ether oxygens (including phenoxy) is 1. The fraction of sp³-hybridized carbons (Fsp3) is 0.444. The summed E-state index contributed by atoms with van der Waals surface area (Å²) < 4.78 is 5.64. The third-order valence-electron chi connectivity index (χ3n) is 7.46. The Labute approximate surface area is 200 Å². The zero-order chi connectivity index (χ0) is 24.5. The van der Waals surface area contributed by atoms with Crippen LogP contribution in [0.4, 0.5) is 4.79 Å². The summed E-state index contributed by atoms with van der Waals surface area (Å²) in [6.07, 6.45) is 0.994. The lowest BCUT2D eigenvalue weighted by Crippen LogP contribution is -2.58. The van der Waals surface area contributed by atoms with Gasteiger partial charge < -0.3 is 20.1 Å². The molecule has 0 bridgehead atoms. The zero-order valence-corrected chi connectivity index (χ0v) is 19.9. The summed E-state index contributed by atoms with van der Waals surface area (Å²) in [5.41, 5.74) is 3.25. The van der Waals surface area contributed by atoms with Crippen LogP contribution >= 0.6 is 0 Å². The van der Waals surface area contributed by atoms with E-state index in [-0.39, 0.29) is 24.3 Å². The lowest BCUT2D eigenvalue weighted by atomic mass is 9.94. The van der Waals surface area contributed by atoms with E-state index in [1.807, 2.05) is 50.2 Å². The molecule has 2 aliphatic rings. The van der Waals surface area contributed by atoms with Gasteiger partial charge in [0.2, 0.25) is 5.91 Å². The number of carboxylic acids is 1. The van der Waals surface area contributed by atoms with Gasteiger partial charge in [-0.2, -0.15) is 0 Å². The normalized spacial score (nSPS) is 20.9. The van der Waals surface area contributed by atoms with Crippen LogP contribution in [0.1, 0.15) is 57.1 Å². The summed E-state index contributed by atoms with van der Waals surface area (Å²) in [7, 11) is 0. The highest BCUT2D eigenvalue weighted by Gasteiger charge is 2.48. The number of nitrogens with one attached hydrogen (secondary N) is 1. The molecule has 0 radical (unpaired) electrons. The Morgan fingerprint density at radius 3 is 2.26 bits per heavy atom. The number of hydrogen-bond acceptors (Lipinski definition) is 4. The lowest BCUT2D eigenvalue weighted by Gasteiger charge is -2.35. The minimum Gasteiger partial charge on any atom is -0.480 e. The minimum atomic E-state index is -1.26. The molecule has 1 aliphatic heterocycles. The van der Waals surface area contributed by atoms with Gasteiger partial charge in [0, 0.05) is 12.5 Å². The molecule has 1 saturated heterocycles. The van der Waals surface area contributed by atoms with Crippen molar-refractivity contribution < 1.29 is 24.2 Å². The third-order valence-corrected chi connectivity index (χ3v) is 7.46. The number of likely N-dealkylation sites (tertiary alicyclic amines) is 1. The molecule has 0 saturated carbocycles. The zero-order valence-electron chi connectivity index (χ0n) is 19.9. The van der Waals surface area contributed by atoms with Crippen LogP contribution in [0.25, 0.3) is 11.1 Å². The second-order valence-electron chi connectivity index (χ2n) is 9.51. The maximum absolute atomic E-state index is 13.4. The van der Waals surface area contributed by atoms with Crippen molar-refractivity contribution in [3.63, 3.8) is 0 Å². The van der Waals surface area contributed by atoms with Crippen LogP contribution in [0.2, 0.25) is 0 Å². The Hall–Kier alpha value is -3.35. The summed E-state index contributed by atoms with van der Waals surface area (Å²) in [5.74, 6) is -1.65. The lowest BCUT2D eigenvalue weighted by molar-refractivity contribution is -0.156. The molecule has 1 unspecified atom stereocenters. The van der Waals surface area contributed by atoms with E-state index in [2.05, 4.69) is 17.4 Å². The van der Waals surface area contributed by atoms with E-state index in [1.54, 1.807) is 6.92 Å². The number of fused-ring (bicyclic) bond motifs is 3.